The maximum Gasteiger partial charge on any atom is 0.317 e. The summed E-state index contributed by atoms with van der Waals surface area (Å²) in [5.41, 5.74) is -1.55. The smallest absolute Gasteiger partial charge is 0.317 e. The largest absolute Gasteiger partial charge is 0.480 e. The second-order valence-electron chi connectivity index (χ2n) is 20.6. The molecule has 0 spiro atoms. The van der Waals surface area contributed by atoms with E-state index < -0.39 is 11.5 Å². The van der Waals surface area contributed by atoms with Crippen molar-refractivity contribution >= 4 is 17.9 Å². The lowest BCUT2D eigenvalue weighted by Gasteiger charge is -2.58. The van der Waals surface area contributed by atoms with Gasteiger partial charge in [0.2, 0.25) is 11.9 Å². The number of unbranched alkanes of at least 4 members (excludes halogenated alkanes) is 2. The monoisotopic (exact) mass is 742 g/mol. The van der Waals surface area contributed by atoms with Crippen LogP contribution in [0.1, 0.15) is 167 Å². The third kappa shape index (κ3) is 9.15. The summed E-state index contributed by atoms with van der Waals surface area (Å²) in [5, 5.41) is 17.5. The Morgan fingerprint density at radius 2 is 1.13 bits per heavy atom. The molecule has 4 heterocycles. The first-order valence-corrected chi connectivity index (χ1v) is 20.8. The van der Waals surface area contributed by atoms with Gasteiger partial charge in [-0.05, 0) is 149 Å². The fourth-order valence-corrected chi connectivity index (χ4v) is 10.6. The first kappa shape index (κ1) is 43.6. The lowest BCUT2D eigenvalue weighted by Crippen LogP contribution is -2.68. The zero-order valence-corrected chi connectivity index (χ0v) is 36.8. The van der Waals surface area contributed by atoms with Crippen molar-refractivity contribution in [2.75, 3.05) is 43.5 Å². The Labute approximate surface area is 323 Å². The van der Waals surface area contributed by atoms with E-state index in [9.17, 15) is 9.90 Å². The minimum Gasteiger partial charge on any atom is -0.480 e. The van der Waals surface area contributed by atoms with Gasteiger partial charge >= 0.3 is 5.97 Å². The number of carbonyl (C=O) groups is 1. The Morgan fingerprint density at radius 1 is 0.736 bits per heavy atom. The molecule has 4 rings (SSSR count). The van der Waals surface area contributed by atoms with Gasteiger partial charge < -0.3 is 20.2 Å². The number of hydrogen-bond acceptors (Lipinski definition) is 10. The standard InChI is InChI=1S/C42H79N9O2/c1-17-19-25-50(30-21-23-38(7,8)48(15)40(30,11)12)34-44-33(42(43-27-32(52)53)28-36(3,4)47-37(5,6)29-42)45-35(46-34)51(26-20-18-2)31-22-24-39(9,10)49(16)41(31,13)14/h30-31,43,47H,17-29H2,1-16H3,(H,52,53). The molecule has 3 aliphatic rings. The average molecular weight is 742 g/mol. The summed E-state index contributed by atoms with van der Waals surface area (Å²) in [5.74, 6) is 1.22. The summed E-state index contributed by atoms with van der Waals surface area (Å²) >= 11 is 0. The highest BCUT2D eigenvalue weighted by Gasteiger charge is 2.53. The van der Waals surface area contributed by atoms with Gasteiger partial charge in [-0.3, -0.25) is 19.9 Å². The number of aliphatic carboxylic acids is 1. The Hall–Kier alpha value is -2.08. The molecule has 0 aliphatic carbocycles. The van der Waals surface area contributed by atoms with Crippen LogP contribution in [-0.2, 0) is 10.3 Å². The highest BCUT2D eigenvalue weighted by Crippen LogP contribution is 2.45. The van der Waals surface area contributed by atoms with Crippen LogP contribution < -0.4 is 20.4 Å². The van der Waals surface area contributed by atoms with E-state index in [1.54, 1.807) is 0 Å². The molecular formula is C42H79N9O2. The van der Waals surface area contributed by atoms with Crippen LogP contribution in [0.3, 0.4) is 0 Å². The van der Waals surface area contributed by atoms with Crippen LogP contribution >= 0.6 is 0 Å². The second-order valence-corrected chi connectivity index (χ2v) is 20.6. The molecule has 0 amide bonds. The number of nitrogens with one attached hydrogen (secondary N) is 2. The SMILES string of the molecule is CCCCN(c1nc(N(CCCC)C2CCC(C)(C)N(C)C2(C)C)nc(C2(NCC(=O)O)CC(C)(C)NC(C)(C)C2)n1)C1CCC(C)(C)N(C)C1(C)C. The molecule has 2 atom stereocenters. The highest BCUT2D eigenvalue weighted by molar-refractivity contribution is 5.69. The van der Waals surface area contributed by atoms with Gasteiger partial charge in [0.25, 0.3) is 0 Å². The van der Waals surface area contributed by atoms with Crippen LogP contribution in [0.5, 0.6) is 0 Å². The Kier molecular flexibility index (Phi) is 12.7. The van der Waals surface area contributed by atoms with Gasteiger partial charge in [-0.15, -0.1) is 0 Å². The molecule has 3 aliphatic heterocycles. The molecule has 11 nitrogen and oxygen atoms in total. The highest BCUT2D eigenvalue weighted by atomic mass is 16.4. The molecule has 3 fully saturated rings. The first-order valence-electron chi connectivity index (χ1n) is 20.8. The minimum atomic E-state index is -0.883. The van der Waals surface area contributed by atoms with Gasteiger partial charge in [0.15, 0.2) is 5.82 Å². The molecule has 1 aromatic rings. The van der Waals surface area contributed by atoms with Crippen LogP contribution in [0.25, 0.3) is 0 Å². The van der Waals surface area contributed by atoms with Crippen molar-refractivity contribution in [2.24, 2.45) is 0 Å². The summed E-state index contributed by atoms with van der Waals surface area (Å²) in [6.07, 6.45) is 9.67. The zero-order valence-electron chi connectivity index (χ0n) is 36.8. The normalized spacial score (nSPS) is 27.2. The number of carboxylic acid groups (broad SMARTS) is 1. The molecule has 0 bridgehead atoms. The topological polar surface area (TPSA) is 113 Å². The number of anilines is 2. The molecule has 3 N–H and O–H groups in total. The number of rotatable bonds is 14. The van der Waals surface area contributed by atoms with Crippen molar-refractivity contribution in [1.82, 2.24) is 35.4 Å². The summed E-state index contributed by atoms with van der Waals surface area (Å²) in [7, 11) is 4.54. The van der Waals surface area contributed by atoms with E-state index in [-0.39, 0.29) is 51.9 Å². The molecule has 53 heavy (non-hydrogen) atoms. The lowest BCUT2D eigenvalue weighted by atomic mass is 9.70. The van der Waals surface area contributed by atoms with Crippen LogP contribution in [0.4, 0.5) is 11.9 Å². The number of carboxylic acids is 1. The van der Waals surface area contributed by atoms with E-state index in [1.165, 1.54) is 0 Å². The Bertz CT molecular complexity index is 1330. The van der Waals surface area contributed by atoms with Gasteiger partial charge in [-0.1, -0.05) is 26.7 Å². The molecule has 2 unspecified atom stereocenters. The van der Waals surface area contributed by atoms with Crippen LogP contribution in [0.15, 0.2) is 0 Å². The molecular weight excluding hydrogens is 663 g/mol. The van der Waals surface area contributed by atoms with E-state index in [1.807, 2.05) is 0 Å². The van der Waals surface area contributed by atoms with Crippen molar-refractivity contribution in [3.05, 3.63) is 5.82 Å². The summed E-state index contributed by atoms with van der Waals surface area (Å²) in [4.78, 5) is 39.1. The molecule has 3 saturated heterocycles. The van der Waals surface area contributed by atoms with Gasteiger partial charge in [0.05, 0.1) is 12.1 Å². The van der Waals surface area contributed by atoms with Crippen molar-refractivity contribution in [3.8, 4) is 0 Å². The summed E-state index contributed by atoms with van der Waals surface area (Å²) in [6.45, 7) is 33.8. The zero-order chi connectivity index (χ0) is 40.0. The molecule has 0 aromatic carbocycles. The third-order valence-corrected chi connectivity index (χ3v) is 13.8. The van der Waals surface area contributed by atoms with Crippen molar-refractivity contribution in [3.63, 3.8) is 0 Å². The molecule has 1 aromatic heterocycles. The maximum absolute atomic E-state index is 12.3. The number of aromatic nitrogens is 3. The third-order valence-electron chi connectivity index (χ3n) is 13.8. The van der Waals surface area contributed by atoms with Crippen molar-refractivity contribution < 1.29 is 9.90 Å². The fourth-order valence-electron chi connectivity index (χ4n) is 10.6. The van der Waals surface area contributed by atoms with E-state index in [0.29, 0.717) is 18.7 Å². The average Bonchev–Trinajstić information content (AvgIpc) is 3.02. The molecule has 304 valence electrons. The van der Waals surface area contributed by atoms with Crippen molar-refractivity contribution in [1.29, 1.82) is 0 Å². The molecule has 0 radical (unpaired) electrons. The van der Waals surface area contributed by atoms with Gasteiger partial charge in [0, 0.05) is 58.4 Å². The van der Waals surface area contributed by atoms with E-state index in [2.05, 4.69) is 141 Å². The quantitative estimate of drug-likeness (QED) is 0.180. The minimum absolute atomic E-state index is 0.0756. The summed E-state index contributed by atoms with van der Waals surface area (Å²) in [6, 6.07) is 0.363. The van der Waals surface area contributed by atoms with E-state index >= 15 is 0 Å². The number of nitrogens with zero attached hydrogens (tertiary/aromatic N) is 7. The van der Waals surface area contributed by atoms with Gasteiger partial charge in [-0.2, -0.15) is 15.0 Å². The Balaban J connectivity index is 2.04. The number of likely N-dealkylation sites (tertiary alicyclic amines) is 2. The molecule has 11 heteroatoms. The maximum atomic E-state index is 12.3. The number of piperidine rings is 3. The second kappa shape index (κ2) is 15.5. The van der Waals surface area contributed by atoms with E-state index in [4.69, 9.17) is 15.0 Å². The van der Waals surface area contributed by atoms with E-state index in [0.717, 1.165) is 76.4 Å². The number of likely N-dealkylation sites (N-methyl/N-ethyl adjacent to an activating group) is 2. The van der Waals surface area contributed by atoms with Gasteiger partial charge in [-0.25, -0.2) is 0 Å². The van der Waals surface area contributed by atoms with Gasteiger partial charge in [0.1, 0.15) is 0 Å². The van der Waals surface area contributed by atoms with Crippen LogP contribution in [0.2, 0.25) is 0 Å². The Morgan fingerprint density at radius 3 is 1.49 bits per heavy atom. The predicted octanol–water partition coefficient (Wildman–Crippen LogP) is 7.20. The van der Waals surface area contributed by atoms with Crippen molar-refractivity contribution in [2.45, 2.75) is 212 Å². The lowest BCUT2D eigenvalue weighted by molar-refractivity contribution is -0.136. The predicted molar refractivity (Wildman–Crippen MR) is 220 cm³/mol. The molecule has 0 saturated carbocycles. The fraction of sp³-hybridized carbons (Fsp3) is 0.905. The number of hydrogen-bond donors (Lipinski definition) is 3. The summed E-state index contributed by atoms with van der Waals surface area (Å²) < 4.78 is 0. The van der Waals surface area contributed by atoms with Crippen LogP contribution in [0, 0.1) is 0 Å². The van der Waals surface area contributed by atoms with Crippen LogP contribution in [-0.4, -0.2) is 115 Å². The first-order chi connectivity index (χ1) is 24.3.